The molecule has 0 atom stereocenters. The summed E-state index contributed by atoms with van der Waals surface area (Å²) < 4.78 is 0. The largest absolute Gasteiger partial charge is 0.477 e. The molecular formula is C16H10N2O2S. The van der Waals surface area contributed by atoms with E-state index in [1.807, 2.05) is 30.3 Å². The molecule has 5 heteroatoms. The lowest BCUT2D eigenvalue weighted by molar-refractivity contribution is 0.0688. The first-order chi connectivity index (χ1) is 10.2. The molecule has 0 saturated heterocycles. The molecule has 0 unspecified atom stereocenters. The van der Waals surface area contributed by atoms with Crippen LogP contribution in [0.5, 0.6) is 0 Å². The maximum atomic E-state index is 11.4. The smallest absolute Gasteiger partial charge is 0.353 e. The normalized spacial score (nSPS) is 10.4. The molecule has 0 saturated carbocycles. The Morgan fingerprint density at radius 2 is 1.95 bits per heavy atom. The van der Waals surface area contributed by atoms with Gasteiger partial charge in [-0.1, -0.05) is 36.0 Å². The Balaban J connectivity index is 2.17. The summed E-state index contributed by atoms with van der Waals surface area (Å²) in [6.07, 6.45) is 0. The zero-order chi connectivity index (χ0) is 14.8. The highest BCUT2D eigenvalue weighted by Gasteiger charge is 2.18. The van der Waals surface area contributed by atoms with Crippen molar-refractivity contribution in [2.24, 2.45) is 0 Å². The maximum Gasteiger partial charge on any atom is 0.353 e. The molecule has 2 N–H and O–H groups in total. The summed E-state index contributed by atoms with van der Waals surface area (Å²) >= 11 is 1.40. The second-order valence-electron chi connectivity index (χ2n) is 4.42. The fourth-order valence-corrected chi connectivity index (χ4v) is 3.16. The highest BCUT2D eigenvalue weighted by Crippen LogP contribution is 2.36. The molecule has 0 radical (unpaired) electrons. The fourth-order valence-electron chi connectivity index (χ4n) is 2.10. The summed E-state index contributed by atoms with van der Waals surface area (Å²) in [4.78, 5) is 15.9. The van der Waals surface area contributed by atoms with E-state index in [0.717, 1.165) is 10.3 Å². The number of nitrogens with zero attached hydrogens (tertiary/aromatic N) is 1. The molecular weight excluding hydrogens is 284 g/mol. The van der Waals surface area contributed by atoms with Crippen LogP contribution in [0.2, 0.25) is 0 Å². The van der Waals surface area contributed by atoms with Crippen molar-refractivity contribution in [1.82, 2.24) is 4.98 Å². The number of nitrogens with one attached hydrogen (secondary N) is 1. The lowest BCUT2D eigenvalue weighted by Gasteiger charge is -2.01. The van der Waals surface area contributed by atoms with Crippen LogP contribution in [0.3, 0.4) is 0 Å². The van der Waals surface area contributed by atoms with Crippen LogP contribution >= 0.6 is 11.8 Å². The topological polar surface area (TPSA) is 76.9 Å². The van der Waals surface area contributed by atoms with Crippen LogP contribution in [0, 0.1) is 11.3 Å². The Labute approximate surface area is 125 Å². The van der Waals surface area contributed by atoms with Crippen LogP contribution < -0.4 is 0 Å². The molecule has 0 amide bonds. The number of hydrogen-bond donors (Lipinski definition) is 2. The minimum atomic E-state index is -1.01. The predicted molar refractivity (Wildman–Crippen MR) is 80.5 cm³/mol. The fraction of sp³-hybridized carbons (Fsp3) is 0. The molecule has 0 bridgehead atoms. The first kappa shape index (κ1) is 13.3. The zero-order valence-corrected chi connectivity index (χ0v) is 11.6. The van der Waals surface area contributed by atoms with Crippen molar-refractivity contribution < 1.29 is 9.90 Å². The number of aromatic carboxylic acids is 1. The summed E-state index contributed by atoms with van der Waals surface area (Å²) in [7, 11) is 0. The molecule has 0 aliphatic rings. The van der Waals surface area contributed by atoms with E-state index < -0.39 is 5.97 Å². The van der Waals surface area contributed by atoms with E-state index in [1.165, 1.54) is 11.8 Å². The minimum absolute atomic E-state index is 0.147. The zero-order valence-electron chi connectivity index (χ0n) is 10.8. The number of rotatable bonds is 3. The van der Waals surface area contributed by atoms with Crippen molar-refractivity contribution in [3.63, 3.8) is 0 Å². The average Bonchev–Trinajstić information content (AvgIpc) is 2.86. The number of H-pyrrole nitrogens is 1. The quantitative estimate of drug-likeness (QED) is 0.768. The van der Waals surface area contributed by atoms with Crippen LogP contribution in [-0.4, -0.2) is 16.1 Å². The molecule has 102 valence electrons. The van der Waals surface area contributed by atoms with Gasteiger partial charge in [-0.2, -0.15) is 5.26 Å². The van der Waals surface area contributed by atoms with Gasteiger partial charge in [0.2, 0.25) is 0 Å². The first-order valence-electron chi connectivity index (χ1n) is 6.21. The molecule has 1 heterocycles. The number of carbonyl (C=O) groups is 1. The number of aromatic amines is 1. The molecule has 0 aliphatic heterocycles. The molecule has 3 aromatic rings. The van der Waals surface area contributed by atoms with E-state index in [-0.39, 0.29) is 5.69 Å². The predicted octanol–water partition coefficient (Wildman–Crippen LogP) is 3.89. The van der Waals surface area contributed by atoms with E-state index >= 15 is 0 Å². The molecule has 0 spiro atoms. The Morgan fingerprint density at radius 3 is 2.62 bits per heavy atom. The number of fused-ring (bicyclic) bond motifs is 1. The molecule has 4 nitrogen and oxygen atoms in total. The summed E-state index contributed by atoms with van der Waals surface area (Å²) in [6.45, 7) is 0. The van der Waals surface area contributed by atoms with Gasteiger partial charge in [0, 0.05) is 15.8 Å². The van der Waals surface area contributed by atoms with Gasteiger partial charge in [-0.15, -0.1) is 0 Å². The molecule has 0 fully saturated rings. The lowest BCUT2D eigenvalue weighted by Crippen LogP contribution is -1.97. The number of benzene rings is 2. The monoisotopic (exact) mass is 294 g/mol. The van der Waals surface area contributed by atoms with E-state index in [1.54, 1.807) is 18.2 Å². The van der Waals surface area contributed by atoms with Crippen LogP contribution in [0.4, 0.5) is 0 Å². The van der Waals surface area contributed by atoms with Gasteiger partial charge in [0.1, 0.15) is 5.69 Å². The van der Waals surface area contributed by atoms with Crippen molar-refractivity contribution >= 4 is 28.6 Å². The molecule has 3 rings (SSSR count). The van der Waals surface area contributed by atoms with Gasteiger partial charge in [-0.3, -0.25) is 0 Å². The van der Waals surface area contributed by atoms with Gasteiger partial charge in [-0.05, 0) is 24.3 Å². The first-order valence-corrected chi connectivity index (χ1v) is 7.02. The lowest BCUT2D eigenvalue weighted by atomic mass is 10.2. The van der Waals surface area contributed by atoms with Crippen molar-refractivity contribution in [1.29, 1.82) is 5.26 Å². The van der Waals surface area contributed by atoms with Gasteiger partial charge < -0.3 is 10.1 Å². The van der Waals surface area contributed by atoms with Gasteiger partial charge in [0.25, 0.3) is 0 Å². The Bertz CT molecular complexity index is 863. The molecule has 0 aliphatic carbocycles. The van der Waals surface area contributed by atoms with Gasteiger partial charge in [-0.25, -0.2) is 4.79 Å². The van der Waals surface area contributed by atoms with Crippen LogP contribution in [0.15, 0.2) is 58.3 Å². The third-order valence-electron chi connectivity index (χ3n) is 3.06. The summed E-state index contributed by atoms with van der Waals surface area (Å²) in [6, 6.07) is 16.8. The van der Waals surface area contributed by atoms with Crippen molar-refractivity contribution in [3.05, 3.63) is 59.8 Å². The van der Waals surface area contributed by atoms with Crippen LogP contribution in [-0.2, 0) is 0 Å². The maximum absolute atomic E-state index is 11.4. The van der Waals surface area contributed by atoms with Crippen LogP contribution in [0.25, 0.3) is 10.9 Å². The minimum Gasteiger partial charge on any atom is -0.477 e. The van der Waals surface area contributed by atoms with E-state index in [2.05, 4.69) is 11.1 Å². The number of carboxylic acid groups (broad SMARTS) is 1. The van der Waals surface area contributed by atoms with Gasteiger partial charge in [0.15, 0.2) is 0 Å². The number of nitriles is 1. The Hall–Kier alpha value is -2.71. The molecule has 1 aromatic heterocycles. The summed E-state index contributed by atoms with van der Waals surface area (Å²) in [5.41, 5.74) is 1.30. The van der Waals surface area contributed by atoms with Crippen molar-refractivity contribution in [2.75, 3.05) is 0 Å². The van der Waals surface area contributed by atoms with E-state index in [0.29, 0.717) is 16.0 Å². The van der Waals surface area contributed by atoms with Gasteiger partial charge in [0.05, 0.1) is 16.5 Å². The average molecular weight is 294 g/mol. The number of aromatic nitrogens is 1. The summed E-state index contributed by atoms with van der Waals surface area (Å²) in [5, 5.41) is 19.1. The summed E-state index contributed by atoms with van der Waals surface area (Å²) in [5.74, 6) is -1.01. The van der Waals surface area contributed by atoms with Gasteiger partial charge >= 0.3 is 5.97 Å². The van der Waals surface area contributed by atoms with Crippen LogP contribution in [0.1, 0.15) is 16.1 Å². The highest BCUT2D eigenvalue weighted by molar-refractivity contribution is 7.99. The van der Waals surface area contributed by atoms with Crippen molar-refractivity contribution in [2.45, 2.75) is 9.79 Å². The Morgan fingerprint density at radius 1 is 1.19 bits per heavy atom. The molecule has 21 heavy (non-hydrogen) atoms. The second-order valence-corrected chi connectivity index (χ2v) is 5.51. The number of hydrogen-bond acceptors (Lipinski definition) is 3. The van der Waals surface area contributed by atoms with E-state index in [4.69, 9.17) is 5.26 Å². The SMILES string of the molecule is N#Cc1ccc2c(Sc3ccccc3)c(C(=O)O)[nH]c2c1. The second kappa shape index (κ2) is 5.35. The molecule has 2 aromatic carbocycles. The third-order valence-corrected chi connectivity index (χ3v) is 4.19. The number of carboxylic acids is 1. The Kier molecular flexibility index (Phi) is 3.38. The van der Waals surface area contributed by atoms with E-state index in [9.17, 15) is 9.90 Å². The standard InChI is InChI=1S/C16H10N2O2S/c17-9-10-6-7-12-13(8-10)18-14(16(19)20)15(12)21-11-4-2-1-3-5-11/h1-8,18H,(H,19,20). The third kappa shape index (κ3) is 2.49. The highest BCUT2D eigenvalue weighted by atomic mass is 32.2. The van der Waals surface area contributed by atoms with Crippen molar-refractivity contribution in [3.8, 4) is 6.07 Å².